The topological polar surface area (TPSA) is 29.2 Å². The van der Waals surface area contributed by atoms with Crippen LogP contribution in [-0.4, -0.2) is 6.54 Å². The quantitative estimate of drug-likeness (QED) is 0.594. The second kappa shape index (κ2) is 8.77. The maximum atomic E-state index is 4.64. The standard InChI is InChI=1S/C25H25N3/c1-20-18-28(19-21-11-5-2-6-12-21)25(22-13-7-3-8-14-22)17-24(20)27-26-23-15-9-4-10-16-23/h2-16,25H,17-19H2,1H3/p+1/t25-/m0/s1. The highest BCUT2D eigenvalue weighted by molar-refractivity contribution is 5.35. The van der Waals surface area contributed by atoms with E-state index >= 15 is 0 Å². The third kappa shape index (κ3) is 4.44. The molecule has 1 aliphatic heterocycles. The molecule has 28 heavy (non-hydrogen) atoms. The van der Waals surface area contributed by atoms with Crippen molar-refractivity contribution in [1.29, 1.82) is 0 Å². The molecule has 1 aliphatic rings. The van der Waals surface area contributed by atoms with Crippen molar-refractivity contribution in [2.75, 3.05) is 6.54 Å². The SMILES string of the molecule is CC1=C(N=Nc2ccccc2)C[C@@H](c2ccccc2)[NH+](Cc2ccccc2)C1. The van der Waals surface area contributed by atoms with Gasteiger partial charge in [-0.3, -0.25) is 0 Å². The van der Waals surface area contributed by atoms with Crippen molar-refractivity contribution in [1.82, 2.24) is 0 Å². The lowest BCUT2D eigenvalue weighted by molar-refractivity contribution is -0.942. The van der Waals surface area contributed by atoms with Crippen LogP contribution in [0.2, 0.25) is 0 Å². The van der Waals surface area contributed by atoms with Crippen LogP contribution in [0.3, 0.4) is 0 Å². The third-order valence-electron chi connectivity index (χ3n) is 5.39. The molecule has 1 heterocycles. The summed E-state index contributed by atoms with van der Waals surface area (Å²) in [6, 6.07) is 31.9. The van der Waals surface area contributed by atoms with Gasteiger partial charge in [-0.2, -0.15) is 10.2 Å². The number of nitrogens with zero attached hydrogens (tertiary/aromatic N) is 2. The van der Waals surface area contributed by atoms with Crippen molar-refractivity contribution < 1.29 is 4.90 Å². The van der Waals surface area contributed by atoms with Crippen molar-refractivity contribution >= 4 is 5.69 Å². The second-order valence-corrected chi connectivity index (χ2v) is 7.43. The Hall–Kier alpha value is -3.04. The van der Waals surface area contributed by atoms with E-state index in [1.54, 1.807) is 4.90 Å². The van der Waals surface area contributed by atoms with Crippen molar-refractivity contribution in [3.63, 3.8) is 0 Å². The van der Waals surface area contributed by atoms with Crippen LogP contribution in [0.1, 0.15) is 30.5 Å². The molecule has 0 aromatic heterocycles. The average Bonchev–Trinajstić information content (AvgIpc) is 2.75. The predicted molar refractivity (Wildman–Crippen MR) is 113 cm³/mol. The minimum absolute atomic E-state index is 0.384. The Morgan fingerprint density at radius 1 is 0.786 bits per heavy atom. The second-order valence-electron chi connectivity index (χ2n) is 7.43. The van der Waals surface area contributed by atoms with Crippen LogP contribution < -0.4 is 4.90 Å². The lowest BCUT2D eigenvalue weighted by Gasteiger charge is -2.33. The minimum atomic E-state index is 0.384. The normalized spacial score (nSPS) is 19.9. The molecule has 0 saturated heterocycles. The van der Waals surface area contributed by atoms with E-state index in [2.05, 4.69) is 77.8 Å². The molecule has 1 N–H and O–H groups in total. The Morgan fingerprint density at radius 2 is 1.39 bits per heavy atom. The molecule has 140 valence electrons. The van der Waals surface area contributed by atoms with E-state index < -0.39 is 0 Å². The largest absolute Gasteiger partial charge is 0.321 e. The van der Waals surface area contributed by atoms with Gasteiger partial charge < -0.3 is 4.90 Å². The lowest BCUT2D eigenvalue weighted by Crippen LogP contribution is -3.11. The van der Waals surface area contributed by atoms with Gasteiger partial charge in [0.25, 0.3) is 0 Å². The number of hydrogen-bond donors (Lipinski definition) is 1. The molecule has 2 atom stereocenters. The monoisotopic (exact) mass is 368 g/mol. The van der Waals surface area contributed by atoms with E-state index in [9.17, 15) is 0 Å². The summed E-state index contributed by atoms with van der Waals surface area (Å²) >= 11 is 0. The van der Waals surface area contributed by atoms with Gasteiger partial charge in [0.1, 0.15) is 19.1 Å². The molecule has 0 fully saturated rings. The summed E-state index contributed by atoms with van der Waals surface area (Å²) in [6.07, 6.45) is 0.911. The van der Waals surface area contributed by atoms with Gasteiger partial charge in [0.05, 0.1) is 11.4 Å². The molecule has 0 radical (unpaired) electrons. The first-order valence-corrected chi connectivity index (χ1v) is 9.88. The first kappa shape index (κ1) is 18.3. The van der Waals surface area contributed by atoms with E-state index in [1.807, 2.05) is 30.3 Å². The Kier molecular flexibility index (Phi) is 5.74. The molecule has 3 aromatic carbocycles. The van der Waals surface area contributed by atoms with E-state index in [4.69, 9.17) is 0 Å². The molecule has 0 amide bonds. The van der Waals surface area contributed by atoms with Crippen LogP contribution in [0.5, 0.6) is 0 Å². The number of azo groups is 1. The molecule has 4 rings (SSSR count). The molecule has 0 spiro atoms. The summed E-state index contributed by atoms with van der Waals surface area (Å²) < 4.78 is 0. The van der Waals surface area contributed by atoms with Gasteiger partial charge in [-0.15, -0.1) is 0 Å². The number of hydrogen-bond acceptors (Lipinski definition) is 2. The zero-order valence-corrected chi connectivity index (χ0v) is 16.3. The maximum Gasteiger partial charge on any atom is 0.119 e. The average molecular weight is 369 g/mol. The molecule has 3 heteroatoms. The van der Waals surface area contributed by atoms with E-state index in [-0.39, 0.29) is 0 Å². The number of rotatable bonds is 5. The van der Waals surface area contributed by atoms with Gasteiger partial charge in [0.2, 0.25) is 0 Å². The fourth-order valence-corrected chi connectivity index (χ4v) is 3.90. The van der Waals surface area contributed by atoms with Crippen LogP contribution in [0.4, 0.5) is 5.69 Å². The van der Waals surface area contributed by atoms with Crippen LogP contribution in [0, 0.1) is 0 Å². The number of quaternary nitrogens is 1. The predicted octanol–water partition coefficient (Wildman–Crippen LogP) is 5.27. The summed E-state index contributed by atoms with van der Waals surface area (Å²) in [5, 5.41) is 9.12. The van der Waals surface area contributed by atoms with Crippen molar-refractivity contribution in [3.8, 4) is 0 Å². The zero-order chi connectivity index (χ0) is 19.2. The van der Waals surface area contributed by atoms with Crippen LogP contribution in [0.25, 0.3) is 0 Å². The molecule has 3 nitrogen and oxygen atoms in total. The summed E-state index contributed by atoms with van der Waals surface area (Å²) in [6.45, 7) is 4.20. The molecule has 0 bridgehead atoms. The molecule has 0 aliphatic carbocycles. The summed E-state index contributed by atoms with van der Waals surface area (Å²) in [5.41, 5.74) is 6.10. The van der Waals surface area contributed by atoms with Crippen LogP contribution in [-0.2, 0) is 6.54 Å². The van der Waals surface area contributed by atoms with Gasteiger partial charge in [-0.1, -0.05) is 78.9 Å². The van der Waals surface area contributed by atoms with Crippen molar-refractivity contribution in [3.05, 3.63) is 113 Å². The van der Waals surface area contributed by atoms with Crippen molar-refractivity contribution in [2.24, 2.45) is 10.2 Å². The van der Waals surface area contributed by atoms with Gasteiger partial charge >= 0.3 is 0 Å². The fraction of sp³-hybridized carbons (Fsp3) is 0.200. The number of nitrogens with one attached hydrogen (secondary N) is 1. The highest BCUT2D eigenvalue weighted by Crippen LogP contribution is 2.26. The van der Waals surface area contributed by atoms with Gasteiger partial charge in [0, 0.05) is 23.1 Å². The highest BCUT2D eigenvalue weighted by atomic mass is 15.2. The highest BCUT2D eigenvalue weighted by Gasteiger charge is 2.31. The van der Waals surface area contributed by atoms with Crippen molar-refractivity contribution in [2.45, 2.75) is 25.9 Å². The summed E-state index contributed by atoms with van der Waals surface area (Å²) in [7, 11) is 0. The zero-order valence-electron chi connectivity index (χ0n) is 16.3. The smallest absolute Gasteiger partial charge is 0.119 e. The van der Waals surface area contributed by atoms with E-state index in [1.165, 1.54) is 16.7 Å². The first-order chi connectivity index (χ1) is 13.8. The van der Waals surface area contributed by atoms with Gasteiger partial charge in [-0.05, 0) is 19.1 Å². The maximum absolute atomic E-state index is 4.64. The lowest BCUT2D eigenvalue weighted by atomic mass is 9.93. The Balaban J connectivity index is 1.61. The van der Waals surface area contributed by atoms with Gasteiger partial charge in [0.15, 0.2) is 0 Å². The molecule has 1 unspecified atom stereocenters. The summed E-state index contributed by atoms with van der Waals surface area (Å²) in [5.74, 6) is 0. The van der Waals surface area contributed by atoms with Crippen LogP contribution >= 0.6 is 0 Å². The molecule has 0 saturated carbocycles. The Morgan fingerprint density at radius 3 is 2.07 bits per heavy atom. The summed E-state index contributed by atoms with van der Waals surface area (Å²) in [4.78, 5) is 1.56. The third-order valence-corrected chi connectivity index (χ3v) is 5.39. The Labute approximate surface area is 167 Å². The van der Waals surface area contributed by atoms with Crippen LogP contribution in [0.15, 0.2) is 112 Å². The minimum Gasteiger partial charge on any atom is -0.321 e. The van der Waals surface area contributed by atoms with E-state index in [0.29, 0.717) is 6.04 Å². The Bertz CT molecular complexity index is 947. The fourth-order valence-electron chi connectivity index (χ4n) is 3.90. The molecular weight excluding hydrogens is 342 g/mol. The molecular formula is C25H26N3+. The molecule has 3 aromatic rings. The number of benzene rings is 3. The van der Waals surface area contributed by atoms with Gasteiger partial charge in [-0.25, -0.2) is 0 Å². The van der Waals surface area contributed by atoms with E-state index in [0.717, 1.165) is 30.9 Å². The first-order valence-electron chi connectivity index (χ1n) is 9.88.